The summed E-state index contributed by atoms with van der Waals surface area (Å²) in [5.74, 6) is -5.10. The lowest BCUT2D eigenvalue weighted by Gasteiger charge is -2.26. The fourth-order valence-corrected chi connectivity index (χ4v) is 5.80. The second-order valence-corrected chi connectivity index (χ2v) is 10.3. The van der Waals surface area contributed by atoms with E-state index in [2.05, 4.69) is 10.1 Å². The molecule has 2 N–H and O–H groups in total. The van der Waals surface area contributed by atoms with Crippen molar-refractivity contribution in [2.24, 2.45) is 0 Å². The number of carbonyl (C=O) groups is 2. The molecule has 228 valence electrons. The number of fused-ring (bicyclic) bond motifs is 1. The van der Waals surface area contributed by atoms with Crippen LogP contribution in [0.3, 0.4) is 0 Å². The molecule has 2 heterocycles. The highest BCUT2D eigenvalue weighted by atomic mass is 19.3. The van der Waals surface area contributed by atoms with E-state index in [0.717, 1.165) is 42.7 Å². The zero-order chi connectivity index (χ0) is 30.8. The number of aryl methyl sites for hydroxylation is 1. The van der Waals surface area contributed by atoms with Crippen LogP contribution in [0.4, 0.5) is 23.2 Å². The van der Waals surface area contributed by atoms with Gasteiger partial charge in [-0.2, -0.15) is 8.78 Å². The number of rotatable bonds is 9. The maximum Gasteiger partial charge on any atom is 0.387 e. The lowest BCUT2D eigenvalue weighted by Crippen LogP contribution is -2.45. The van der Waals surface area contributed by atoms with Gasteiger partial charge in [0.2, 0.25) is 5.91 Å². The van der Waals surface area contributed by atoms with Gasteiger partial charge in [0.15, 0.2) is 0 Å². The molecule has 1 fully saturated rings. The van der Waals surface area contributed by atoms with E-state index in [-0.39, 0.29) is 42.4 Å². The summed E-state index contributed by atoms with van der Waals surface area (Å²) in [5, 5.41) is 12.1. The molecule has 2 aromatic carbocycles. The highest BCUT2D eigenvalue weighted by molar-refractivity contribution is 6.05. The Balaban J connectivity index is 1.57. The van der Waals surface area contributed by atoms with Crippen LogP contribution in [-0.4, -0.2) is 54.4 Å². The summed E-state index contributed by atoms with van der Waals surface area (Å²) in [5.41, 5.74) is 0.501. The van der Waals surface area contributed by atoms with Crippen LogP contribution < -0.4 is 25.2 Å². The number of aliphatic hydroxyl groups is 1. The largest absolute Gasteiger partial charge is 0.497 e. The van der Waals surface area contributed by atoms with E-state index in [0.29, 0.717) is 18.4 Å². The van der Waals surface area contributed by atoms with Crippen LogP contribution in [0.15, 0.2) is 47.4 Å². The Hall–Kier alpha value is -4.39. The van der Waals surface area contributed by atoms with Gasteiger partial charge in [0.1, 0.15) is 34.9 Å². The normalized spacial score (nSPS) is 18.1. The zero-order valence-corrected chi connectivity index (χ0v) is 23.1. The fourth-order valence-electron chi connectivity index (χ4n) is 5.80. The first-order chi connectivity index (χ1) is 20.6. The van der Waals surface area contributed by atoms with Gasteiger partial charge >= 0.3 is 6.61 Å². The standard InChI is InChI=1S/C30H29F4N3O6/c1-42-19-12-22(31)24(23(32)13-19)21-15-37(26-20-5-3-2-4-17(20)14-36(10-11-38)29(26)41)28(40)25(21)35-27(39)16-6-8-18(9-7-16)43-30(33)34/h6-9,12-14,21,25,30,38H,2-5,10-11,15H2,1H3,(H,35,39)/t21-,25-/m0/s1. The highest BCUT2D eigenvalue weighted by Gasteiger charge is 2.47. The van der Waals surface area contributed by atoms with Crippen molar-refractivity contribution in [2.75, 3.05) is 25.2 Å². The predicted molar refractivity (Wildman–Crippen MR) is 147 cm³/mol. The molecule has 0 radical (unpaired) electrons. The first kappa shape index (κ1) is 30.1. The summed E-state index contributed by atoms with van der Waals surface area (Å²) in [6.07, 6.45) is 4.44. The van der Waals surface area contributed by atoms with Gasteiger partial charge in [0, 0.05) is 48.5 Å². The van der Waals surface area contributed by atoms with Gasteiger partial charge in [-0.25, -0.2) is 8.78 Å². The molecule has 0 saturated carbocycles. The third kappa shape index (κ3) is 5.94. The molecule has 0 bridgehead atoms. The van der Waals surface area contributed by atoms with E-state index in [9.17, 15) is 28.3 Å². The maximum atomic E-state index is 15.4. The van der Waals surface area contributed by atoms with Gasteiger partial charge in [-0.15, -0.1) is 0 Å². The maximum absolute atomic E-state index is 15.4. The average molecular weight is 604 g/mol. The van der Waals surface area contributed by atoms with Gasteiger partial charge in [-0.1, -0.05) is 0 Å². The molecule has 1 saturated heterocycles. The second kappa shape index (κ2) is 12.5. The number of alkyl halides is 2. The minimum absolute atomic E-state index is 0.0161. The number of halogens is 4. The Morgan fingerprint density at radius 2 is 1.74 bits per heavy atom. The molecule has 43 heavy (non-hydrogen) atoms. The molecule has 9 nitrogen and oxygen atoms in total. The number of hydrogen-bond donors (Lipinski definition) is 2. The minimum Gasteiger partial charge on any atom is -0.497 e. The molecule has 0 spiro atoms. The molecule has 13 heteroatoms. The average Bonchev–Trinajstić information content (AvgIpc) is 3.27. The van der Waals surface area contributed by atoms with Crippen molar-refractivity contribution >= 4 is 17.5 Å². The number of aromatic nitrogens is 1. The number of benzene rings is 2. The third-order valence-electron chi connectivity index (χ3n) is 7.78. The summed E-state index contributed by atoms with van der Waals surface area (Å²) in [6.45, 7) is -3.73. The van der Waals surface area contributed by atoms with E-state index < -0.39 is 53.1 Å². The van der Waals surface area contributed by atoms with Crippen molar-refractivity contribution in [1.82, 2.24) is 9.88 Å². The van der Waals surface area contributed by atoms with Gasteiger partial charge in [0.05, 0.1) is 13.7 Å². The van der Waals surface area contributed by atoms with Crippen molar-refractivity contribution in [3.63, 3.8) is 0 Å². The number of nitrogens with zero attached hydrogens (tertiary/aromatic N) is 2. The molecule has 1 aliphatic carbocycles. The molecular formula is C30H29F4N3O6. The van der Waals surface area contributed by atoms with Crippen LogP contribution in [0.25, 0.3) is 0 Å². The van der Waals surface area contributed by atoms with Gasteiger partial charge in [-0.05, 0) is 61.1 Å². The number of nitrogens with one attached hydrogen (secondary N) is 1. The first-order valence-corrected chi connectivity index (χ1v) is 13.7. The lowest BCUT2D eigenvalue weighted by atomic mass is 9.91. The number of ether oxygens (including phenoxy) is 2. The molecule has 1 aromatic heterocycles. The Kier molecular flexibility index (Phi) is 8.71. The van der Waals surface area contributed by atoms with E-state index in [1.54, 1.807) is 6.20 Å². The van der Waals surface area contributed by atoms with Gasteiger partial charge in [-0.3, -0.25) is 14.4 Å². The molecule has 5 rings (SSSR count). The second-order valence-electron chi connectivity index (χ2n) is 10.3. The summed E-state index contributed by atoms with van der Waals surface area (Å²) in [4.78, 5) is 42.1. The van der Waals surface area contributed by atoms with Crippen molar-refractivity contribution in [1.29, 1.82) is 0 Å². The predicted octanol–water partition coefficient (Wildman–Crippen LogP) is 3.54. The zero-order valence-electron chi connectivity index (χ0n) is 23.1. The SMILES string of the molecule is COc1cc(F)c([C@@H]2CN(c3c4c(cn(CCO)c3=O)CCCC4)C(=O)[C@H]2NC(=O)c2ccc(OC(F)F)cc2)c(F)c1. The molecule has 0 unspecified atom stereocenters. The molecule has 3 aromatic rings. The van der Waals surface area contributed by atoms with Crippen molar-refractivity contribution in [3.8, 4) is 11.5 Å². The molecule has 2 amide bonds. The number of pyridine rings is 1. The Bertz CT molecular complexity index is 1570. The van der Waals surface area contributed by atoms with Gasteiger partial charge < -0.3 is 29.4 Å². The van der Waals surface area contributed by atoms with Crippen molar-refractivity contribution in [2.45, 2.75) is 50.8 Å². The fraction of sp³-hybridized carbons (Fsp3) is 0.367. The van der Waals surface area contributed by atoms with E-state index in [1.807, 2.05) is 0 Å². The molecule has 2 aliphatic rings. The number of hydrogen-bond acceptors (Lipinski definition) is 6. The van der Waals surface area contributed by atoms with Crippen molar-refractivity contribution in [3.05, 3.63) is 86.8 Å². The molecular weight excluding hydrogens is 574 g/mol. The third-order valence-corrected chi connectivity index (χ3v) is 7.78. The summed E-state index contributed by atoms with van der Waals surface area (Å²) in [7, 11) is 1.24. The van der Waals surface area contributed by atoms with Gasteiger partial charge in [0.25, 0.3) is 11.5 Å². The lowest BCUT2D eigenvalue weighted by molar-refractivity contribution is -0.118. The number of amides is 2. The summed E-state index contributed by atoms with van der Waals surface area (Å²) < 4.78 is 66.4. The Morgan fingerprint density at radius 1 is 1.07 bits per heavy atom. The summed E-state index contributed by atoms with van der Waals surface area (Å²) in [6, 6.07) is 5.12. The Morgan fingerprint density at radius 3 is 2.37 bits per heavy atom. The monoisotopic (exact) mass is 603 g/mol. The Labute approximate surface area is 243 Å². The number of carbonyl (C=O) groups excluding carboxylic acids is 2. The van der Waals surface area contributed by atoms with Crippen LogP contribution in [0.5, 0.6) is 11.5 Å². The minimum atomic E-state index is -3.07. The number of aliphatic hydroxyl groups excluding tert-OH is 1. The molecule has 1 aliphatic heterocycles. The van der Waals surface area contributed by atoms with Crippen LogP contribution in [0.2, 0.25) is 0 Å². The van der Waals surface area contributed by atoms with Crippen LogP contribution in [-0.2, 0) is 24.2 Å². The van der Waals surface area contributed by atoms with E-state index in [4.69, 9.17) is 4.74 Å². The summed E-state index contributed by atoms with van der Waals surface area (Å²) >= 11 is 0. The smallest absolute Gasteiger partial charge is 0.387 e. The first-order valence-electron chi connectivity index (χ1n) is 13.7. The highest BCUT2D eigenvalue weighted by Crippen LogP contribution is 2.38. The number of anilines is 1. The van der Waals surface area contributed by atoms with Crippen LogP contribution >= 0.6 is 0 Å². The topological polar surface area (TPSA) is 110 Å². The van der Waals surface area contributed by atoms with Crippen LogP contribution in [0.1, 0.15) is 45.8 Å². The van der Waals surface area contributed by atoms with Crippen LogP contribution in [0, 0.1) is 11.6 Å². The van der Waals surface area contributed by atoms with Crippen molar-refractivity contribution < 1.29 is 41.7 Å². The quantitative estimate of drug-likeness (QED) is 0.363. The number of methoxy groups -OCH3 is 1. The molecule has 2 atom stereocenters. The van der Waals surface area contributed by atoms with E-state index in [1.165, 1.54) is 28.7 Å². The van der Waals surface area contributed by atoms with E-state index >= 15 is 8.78 Å².